The molecule has 9 nitrogen and oxygen atoms in total. The van der Waals surface area contributed by atoms with Gasteiger partial charge in [-0.3, -0.25) is 23.7 Å². The van der Waals surface area contributed by atoms with Gasteiger partial charge in [0, 0.05) is 40.9 Å². The quantitative estimate of drug-likeness (QED) is 0.182. The smallest absolute Gasteiger partial charge is 0.333 e. The number of nitrogens with zero attached hydrogens (tertiary/aromatic N) is 4. The summed E-state index contributed by atoms with van der Waals surface area (Å²) in [5, 5.41) is 3.07. The zero-order chi connectivity index (χ0) is 33.9. The van der Waals surface area contributed by atoms with E-state index in [0.717, 1.165) is 26.9 Å². The van der Waals surface area contributed by atoms with E-state index in [9.17, 15) is 14.4 Å². The fourth-order valence-electron chi connectivity index (χ4n) is 5.96. The first-order chi connectivity index (χ1) is 23.1. The normalized spacial score (nSPS) is 14.1. The Hall–Kier alpha value is -4.96. The van der Waals surface area contributed by atoms with Gasteiger partial charge in [-0.1, -0.05) is 60.1 Å². The summed E-state index contributed by atoms with van der Waals surface area (Å²) in [5.41, 5.74) is 4.96. The molecule has 0 radical (unpaired) electrons. The number of aromatic nitrogens is 3. The number of imidazole rings is 1. The minimum Gasteiger partial charge on any atom is -0.493 e. The average Bonchev–Trinajstić information content (AvgIpc) is 3.38. The Morgan fingerprint density at radius 3 is 2.48 bits per heavy atom. The topological polar surface area (TPSA) is 98.5 Å². The zero-order valence-corrected chi connectivity index (χ0v) is 29.0. The summed E-state index contributed by atoms with van der Waals surface area (Å²) in [5.74, 6) is 0.458. The van der Waals surface area contributed by atoms with Gasteiger partial charge in [0.15, 0.2) is 0 Å². The van der Waals surface area contributed by atoms with Crippen LogP contribution in [0.3, 0.4) is 0 Å². The van der Waals surface area contributed by atoms with Crippen molar-refractivity contribution in [3.8, 4) is 22.7 Å². The molecule has 0 spiro atoms. The number of pyridine rings is 1. The van der Waals surface area contributed by atoms with Gasteiger partial charge in [-0.2, -0.15) is 0 Å². The van der Waals surface area contributed by atoms with Crippen LogP contribution in [0.1, 0.15) is 58.4 Å². The Morgan fingerprint density at radius 1 is 1.02 bits per heavy atom. The number of hydrogen-bond acceptors (Lipinski definition) is 5. The summed E-state index contributed by atoms with van der Waals surface area (Å²) in [6, 6.07) is 25.9. The van der Waals surface area contributed by atoms with E-state index in [1.165, 1.54) is 4.57 Å². The zero-order valence-electron chi connectivity index (χ0n) is 27.4. The lowest BCUT2D eigenvalue weighted by Gasteiger charge is -2.34. The van der Waals surface area contributed by atoms with Crippen molar-refractivity contribution in [2.24, 2.45) is 5.92 Å². The number of ether oxygens (including phenoxy) is 1. The van der Waals surface area contributed by atoms with Crippen LogP contribution in [0.5, 0.6) is 5.75 Å². The molecule has 2 aromatic heterocycles. The van der Waals surface area contributed by atoms with Crippen molar-refractivity contribution in [1.82, 2.24) is 24.3 Å². The predicted octanol–water partition coefficient (Wildman–Crippen LogP) is 6.78. The van der Waals surface area contributed by atoms with E-state index in [-0.39, 0.29) is 43.0 Å². The largest absolute Gasteiger partial charge is 0.493 e. The molecule has 1 N–H and O–H groups in total. The van der Waals surface area contributed by atoms with Gasteiger partial charge in [0.25, 0.3) is 11.8 Å². The van der Waals surface area contributed by atoms with E-state index < -0.39 is 5.91 Å². The third kappa shape index (κ3) is 6.71. The maximum absolute atomic E-state index is 14.3. The Labute approximate surface area is 288 Å². The molecule has 2 amide bonds. The van der Waals surface area contributed by atoms with Gasteiger partial charge in [0.05, 0.1) is 30.2 Å². The van der Waals surface area contributed by atoms with Crippen molar-refractivity contribution < 1.29 is 14.3 Å². The van der Waals surface area contributed by atoms with E-state index in [1.807, 2.05) is 68.4 Å². The van der Waals surface area contributed by atoms with Crippen molar-refractivity contribution in [2.45, 2.75) is 53.4 Å². The van der Waals surface area contributed by atoms with Crippen LogP contribution in [0.4, 0.5) is 0 Å². The molecule has 0 fully saturated rings. The van der Waals surface area contributed by atoms with Gasteiger partial charge >= 0.3 is 5.69 Å². The molecule has 1 aliphatic rings. The van der Waals surface area contributed by atoms with E-state index in [2.05, 4.69) is 40.1 Å². The molecule has 1 aliphatic heterocycles. The third-order valence-electron chi connectivity index (χ3n) is 8.50. The standard InChI is InChI=1S/C38H38BrN5O4/c1-24(2)23-48-30-15-13-29(14-16-30)44-35(36(45)41-20-28-9-5-6-10-31(28)33-11-7-8-18-40-33)34-22-42(26(4)21-43(34)38(44)47)37(46)27-12-17-32(39)25(3)19-27/h5-19,24,26H,20-23H2,1-4H3,(H,41,45). The monoisotopic (exact) mass is 707 g/mol. The summed E-state index contributed by atoms with van der Waals surface area (Å²) in [4.78, 5) is 48.5. The lowest BCUT2D eigenvalue weighted by Crippen LogP contribution is -2.47. The first kappa shape index (κ1) is 33.0. The van der Waals surface area contributed by atoms with Gasteiger partial charge in [-0.25, -0.2) is 4.79 Å². The Bertz CT molecular complexity index is 2020. The molecule has 0 saturated heterocycles. The van der Waals surface area contributed by atoms with Gasteiger partial charge in [0.1, 0.15) is 11.4 Å². The van der Waals surface area contributed by atoms with E-state index in [4.69, 9.17) is 4.74 Å². The average molecular weight is 709 g/mol. The second kappa shape index (κ2) is 14.0. The number of fused-ring (bicyclic) bond motifs is 1. The molecule has 0 bridgehead atoms. The second-order valence-electron chi connectivity index (χ2n) is 12.5. The molecule has 6 rings (SSSR count). The summed E-state index contributed by atoms with van der Waals surface area (Å²) in [6.07, 6.45) is 1.74. The molecule has 3 aromatic carbocycles. The maximum Gasteiger partial charge on any atom is 0.333 e. The van der Waals surface area contributed by atoms with Crippen LogP contribution in [0.25, 0.3) is 16.9 Å². The summed E-state index contributed by atoms with van der Waals surface area (Å²) >= 11 is 3.51. The number of aryl methyl sites for hydroxylation is 1. The SMILES string of the molecule is Cc1cc(C(=O)N2Cc3c(C(=O)NCc4ccccc4-c4ccccn4)n(-c4ccc(OCC(C)C)cc4)c(=O)n3CC2C)ccc1Br. The highest BCUT2D eigenvalue weighted by Crippen LogP contribution is 2.27. The van der Waals surface area contributed by atoms with Crippen LogP contribution in [0.2, 0.25) is 0 Å². The van der Waals surface area contributed by atoms with Gasteiger partial charge in [0.2, 0.25) is 0 Å². The van der Waals surface area contributed by atoms with Crippen LogP contribution < -0.4 is 15.7 Å². The van der Waals surface area contributed by atoms with Crippen molar-refractivity contribution in [3.63, 3.8) is 0 Å². The van der Waals surface area contributed by atoms with E-state index in [1.54, 1.807) is 46.0 Å². The lowest BCUT2D eigenvalue weighted by atomic mass is 10.0. The highest BCUT2D eigenvalue weighted by Gasteiger charge is 2.35. The summed E-state index contributed by atoms with van der Waals surface area (Å²) in [6.45, 7) is 9.13. The Kier molecular flexibility index (Phi) is 9.63. The molecular formula is C38H38BrN5O4. The summed E-state index contributed by atoms with van der Waals surface area (Å²) in [7, 11) is 0. The number of carbonyl (C=O) groups is 2. The van der Waals surface area contributed by atoms with Crippen LogP contribution in [-0.2, 0) is 19.6 Å². The Balaban J connectivity index is 1.38. The van der Waals surface area contributed by atoms with Crippen molar-refractivity contribution in [1.29, 1.82) is 0 Å². The van der Waals surface area contributed by atoms with Crippen molar-refractivity contribution in [2.75, 3.05) is 6.61 Å². The first-order valence-corrected chi connectivity index (χ1v) is 16.8. The molecule has 1 unspecified atom stereocenters. The number of halogens is 1. The number of hydrogen-bond donors (Lipinski definition) is 1. The molecular weight excluding hydrogens is 670 g/mol. The first-order valence-electron chi connectivity index (χ1n) is 16.0. The highest BCUT2D eigenvalue weighted by molar-refractivity contribution is 9.10. The van der Waals surface area contributed by atoms with Gasteiger partial charge in [-0.15, -0.1) is 0 Å². The number of rotatable bonds is 9. The maximum atomic E-state index is 14.3. The molecule has 0 aliphatic carbocycles. The Morgan fingerprint density at radius 2 is 1.77 bits per heavy atom. The second-order valence-corrected chi connectivity index (χ2v) is 13.4. The van der Waals surface area contributed by atoms with Gasteiger partial charge in [-0.05, 0) is 85.5 Å². The summed E-state index contributed by atoms with van der Waals surface area (Å²) < 4.78 is 9.86. The van der Waals surface area contributed by atoms with Crippen LogP contribution in [-0.4, -0.2) is 43.5 Å². The molecule has 246 valence electrons. The lowest BCUT2D eigenvalue weighted by molar-refractivity contribution is 0.0610. The van der Waals surface area contributed by atoms with E-state index >= 15 is 0 Å². The molecule has 3 heterocycles. The van der Waals surface area contributed by atoms with Crippen molar-refractivity contribution in [3.05, 3.63) is 134 Å². The fraction of sp³-hybridized carbons (Fsp3) is 0.263. The minimum atomic E-state index is -0.418. The molecule has 10 heteroatoms. The molecule has 5 aromatic rings. The highest BCUT2D eigenvalue weighted by atomic mass is 79.9. The number of benzene rings is 3. The molecule has 1 atom stereocenters. The van der Waals surface area contributed by atoms with Crippen LogP contribution in [0, 0.1) is 12.8 Å². The number of amides is 2. The van der Waals surface area contributed by atoms with Crippen LogP contribution in [0.15, 0.2) is 100 Å². The van der Waals surface area contributed by atoms with E-state index in [0.29, 0.717) is 35.2 Å². The number of nitrogens with one attached hydrogen (secondary N) is 1. The molecule has 48 heavy (non-hydrogen) atoms. The number of carbonyl (C=O) groups excluding carboxylic acids is 2. The van der Waals surface area contributed by atoms with Gasteiger partial charge < -0.3 is 15.0 Å². The van der Waals surface area contributed by atoms with Crippen LogP contribution >= 0.6 is 15.9 Å². The minimum absolute atomic E-state index is 0.0974. The predicted molar refractivity (Wildman–Crippen MR) is 189 cm³/mol. The molecule has 0 saturated carbocycles. The van der Waals surface area contributed by atoms with Crippen molar-refractivity contribution >= 4 is 27.7 Å². The fourth-order valence-corrected chi connectivity index (χ4v) is 6.21. The third-order valence-corrected chi connectivity index (χ3v) is 9.39.